The third-order valence-electron chi connectivity index (χ3n) is 6.49. The molecule has 4 aromatic rings. The van der Waals surface area contributed by atoms with E-state index in [0.717, 1.165) is 11.6 Å². The SMILES string of the molecule is Cc1nn(Cc2ccc(C(=O)N(CCO)CCO)cc2)c(C)c1NC(=O)c1cc(C(F)(F)F)nc2ccc(Br)cc12. The number of fused-ring (bicyclic) bond motifs is 1. The summed E-state index contributed by atoms with van der Waals surface area (Å²) in [5.41, 5.74) is 1.33. The van der Waals surface area contributed by atoms with Gasteiger partial charge in [-0.3, -0.25) is 14.3 Å². The van der Waals surface area contributed by atoms with E-state index in [1.54, 1.807) is 54.9 Å². The van der Waals surface area contributed by atoms with Crippen LogP contribution in [-0.4, -0.2) is 68.0 Å². The van der Waals surface area contributed by atoms with Gasteiger partial charge in [0.05, 0.1) is 47.9 Å². The molecule has 0 fully saturated rings. The maximum Gasteiger partial charge on any atom is 0.433 e. The molecule has 2 heterocycles. The number of nitrogens with one attached hydrogen (secondary N) is 1. The van der Waals surface area contributed by atoms with E-state index in [2.05, 4.69) is 31.3 Å². The summed E-state index contributed by atoms with van der Waals surface area (Å²) in [6, 6.07) is 12.0. The second-order valence-corrected chi connectivity index (χ2v) is 10.2. The van der Waals surface area contributed by atoms with E-state index in [4.69, 9.17) is 0 Å². The van der Waals surface area contributed by atoms with E-state index >= 15 is 0 Å². The van der Waals surface area contributed by atoms with Gasteiger partial charge in [0.25, 0.3) is 11.8 Å². The lowest BCUT2D eigenvalue weighted by Crippen LogP contribution is -2.35. The minimum absolute atomic E-state index is 0.0371. The van der Waals surface area contributed by atoms with Crippen molar-refractivity contribution in [2.24, 2.45) is 0 Å². The van der Waals surface area contributed by atoms with E-state index in [1.807, 2.05) is 0 Å². The molecule has 41 heavy (non-hydrogen) atoms. The number of nitrogens with zero attached hydrogens (tertiary/aromatic N) is 4. The van der Waals surface area contributed by atoms with Crippen LogP contribution in [0.1, 0.15) is 43.4 Å². The maximum absolute atomic E-state index is 13.5. The fourth-order valence-electron chi connectivity index (χ4n) is 4.41. The molecule has 0 radical (unpaired) electrons. The molecule has 0 bridgehead atoms. The number of rotatable bonds is 9. The van der Waals surface area contributed by atoms with E-state index in [9.17, 15) is 33.0 Å². The molecule has 0 saturated carbocycles. The summed E-state index contributed by atoms with van der Waals surface area (Å²) < 4.78 is 42.8. The minimum atomic E-state index is -4.73. The van der Waals surface area contributed by atoms with Crippen LogP contribution in [-0.2, 0) is 12.7 Å². The zero-order valence-corrected chi connectivity index (χ0v) is 23.8. The Kier molecular flexibility index (Phi) is 9.10. The quantitative estimate of drug-likeness (QED) is 0.249. The second kappa shape index (κ2) is 12.4. The van der Waals surface area contributed by atoms with Crippen LogP contribution in [0.3, 0.4) is 0 Å². The molecular weight excluding hydrogens is 607 g/mol. The number of halogens is 4. The summed E-state index contributed by atoms with van der Waals surface area (Å²) in [7, 11) is 0. The Morgan fingerprint density at radius 2 is 1.68 bits per heavy atom. The topological polar surface area (TPSA) is 121 Å². The van der Waals surface area contributed by atoms with Crippen molar-refractivity contribution < 1.29 is 33.0 Å². The molecule has 9 nitrogen and oxygen atoms in total. The van der Waals surface area contributed by atoms with Gasteiger partial charge in [0.1, 0.15) is 5.69 Å². The number of alkyl halides is 3. The molecule has 4 rings (SSSR count). The van der Waals surface area contributed by atoms with Crippen LogP contribution in [0.2, 0.25) is 0 Å². The number of hydrogen-bond acceptors (Lipinski definition) is 6. The molecule has 13 heteroatoms. The number of aliphatic hydroxyl groups excluding tert-OH is 2. The van der Waals surface area contributed by atoms with Gasteiger partial charge in [0.15, 0.2) is 0 Å². The minimum Gasteiger partial charge on any atom is -0.395 e. The van der Waals surface area contributed by atoms with E-state index < -0.39 is 17.8 Å². The van der Waals surface area contributed by atoms with Crippen molar-refractivity contribution in [3.8, 4) is 0 Å². The lowest BCUT2D eigenvalue weighted by molar-refractivity contribution is -0.141. The molecular formula is C28H27BrF3N5O4. The fourth-order valence-corrected chi connectivity index (χ4v) is 4.77. The summed E-state index contributed by atoms with van der Waals surface area (Å²) in [6.45, 7) is 3.48. The molecule has 0 atom stereocenters. The van der Waals surface area contributed by atoms with Crippen LogP contribution in [0.5, 0.6) is 0 Å². The normalized spacial score (nSPS) is 11.6. The summed E-state index contributed by atoms with van der Waals surface area (Å²) in [4.78, 5) is 31.0. The first-order chi connectivity index (χ1) is 19.4. The summed E-state index contributed by atoms with van der Waals surface area (Å²) >= 11 is 3.30. The zero-order chi connectivity index (χ0) is 29.9. The number of benzene rings is 2. The van der Waals surface area contributed by atoms with Gasteiger partial charge in [0.2, 0.25) is 0 Å². The van der Waals surface area contributed by atoms with Crippen molar-refractivity contribution in [1.82, 2.24) is 19.7 Å². The Balaban J connectivity index is 1.57. The fraction of sp³-hybridized carbons (Fsp3) is 0.286. The Labute approximate surface area is 241 Å². The van der Waals surface area contributed by atoms with Crippen molar-refractivity contribution in [1.29, 1.82) is 0 Å². The largest absolute Gasteiger partial charge is 0.433 e. The van der Waals surface area contributed by atoms with Gasteiger partial charge in [-0.2, -0.15) is 18.3 Å². The first-order valence-corrected chi connectivity index (χ1v) is 13.3. The van der Waals surface area contributed by atoms with Gasteiger partial charge in [0, 0.05) is 28.5 Å². The number of aliphatic hydroxyl groups is 2. The molecule has 0 spiro atoms. The molecule has 2 amide bonds. The average Bonchev–Trinajstić information content (AvgIpc) is 3.19. The molecule has 2 aromatic carbocycles. The average molecular weight is 634 g/mol. The highest BCUT2D eigenvalue weighted by Gasteiger charge is 2.34. The summed E-state index contributed by atoms with van der Waals surface area (Å²) in [5, 5.41) is 25.8. The number of pyridine rings is 1. The van der Waals surface area contributed by atoms with E-state index in [0.29, 0.717) is 33.7 Å². The Hall–Kier alpha value is -3.81. The third kappa shape index (κ3) is 6.75. The number of aromatic nitrogens is 3. The first kappa shape index (κ1) is 30.2. The van der Waals surface area contributed by atoms with Crippen LogP contribution in [0, 0.1) is 13.8 Å². The van der Waals surface area contributed by atoms with Crippen LogP contribution in [0.4, 0.5) is 18.9 Å². The van der Waals surface area contributed by atoms with E-state index in [1.165, 1.54) is 11.0 Å². The van der Waals surface area contributed by atoms with Crippen molar-refractivity contribution in [2.75, 3.05) is 31.6 Å². The number of amides is 2. The van der Waals surface area contributed by atoms with Gasteiger partial charge in [-0.25, -0.2) is 4.98 Å². The first-order valence-electron chi connectivity index (χ1n) is 12.6. The summed E-state index contributed by atoms with van der Waals surface area (Å²) in [6.07, 6.45) is -4.73. The van der Waals surface area contributed by atoms with Crippen LogP contribution < -0.4 is 5.32 Å². The maximum atomic E-state index is 13.5. The predicted octanol–water partition coefficient (Wildman–Crippen LogP) is 4.56. The molecule has 0 aliphatic carbocycles. The van der Waals surface area contributed by atoms with Crippen LogP contribution in [0.15, 0.2) is 53.0 Å². The third-order valence-corrected chi connectivity index (χ3v) is 6.98. The Bertz CT molecular complexity index is 1580. The number of hydrogen-bond donors (Lipinski definition) is 3. The van der Waals surface area contributed by atoms with Gasteiger partial charge < -0.3 is 20.4 Å². The lowest BCUT2D eigenvalue weighted by Gasteiger charge is -2.20. The van der Waals surface area contributed by atoms with Gasteiger partial charge in [-0.15, -0.1) is 0 Å². The molecule has 0 saturated heterocycles. The number of carbonyl (C=O) groups excluding carboxylic acids is 2. The predicted molar refractivity (Wildman–Crippen MR) is 150 cm³/mol. The lowest BCUT2D eigenvalue weighted by atomic mass is 10.1. The molecule has 216 valence electrons. The standard InChI is InChI=1S/C28H27BrF3N5O4/c1-16-25(34-26(40)22-14-24(28(30,31)32)33-23-8-7-20(29)13-21(22)23)17(2)37(35-16)15-18-3-5-19(6-4-18)27(41)36(9-11-38)10-12-39/h3-8,13-14,38-39H,9-12,15H2,1-2H3,(H,34,40). The summed E-state index contributed by atoms with van der Waals surface area (Å²) in [5.74, 6) is -1.05. The Morgan fingerprint density at radius 3 is 2.29 bits per heavy atom. The number of anilines is 1. The highest BCUT2D eigenvalue weighted by Crippen LogP contribution is 2.32. The molecule has 3 N–H and O–H groups in total. The highest BCUT2D eigenvalue weighted by atomic mass is 79.9. The number of aryl methyl sites for hydroxylation is 1. The van der Waals surface area contributed by atoms with Crippen molar-refractivity contribution in [3.63, 3.8) is 0 Å². The molecule has 0 unspecified atom stereocenters. The molecule has 0 aliphatic heterocycles. The van der Waals surface area contributed by atoms with Gasteiger partial charge in [-0.1, -0.05) is 28.1 Å². The zero-order valence-electron chi connectivity index (χ0n) is 22.2. The van der Waals surface area contributed by atoms with Crippen molar-refractivity contribution in [2.45, 2.75) is 26.6 Å². The van der Waals surface area contributed by atoms with Gasteiger partial charge in [-0.05, 0) is 55.8 Å². The van der Waals surface area contributed by atoms with Crippen LogP contribution >= 0.6 is 15.9 Å². The van der Waals surface area contributed by atoms with Crippen LogP contribution in [0.25, 0.3) is 10.9 Å². The van der Waals surface area contributed by atoms with E-state index in [-0.39, 0.29) is 48.7 Å². The smallest absolute Gasteiger partial charge is 0.395 e. The highest BCUT2D eigenvalue weighted by molar-refractivity contribution is 9.10. The molecule has 2 aromatic heterocycles. The van der Waals surface area contributed by atoms with Gasteiger partial charge >= 0.3 is 6.18 Å². The number of carbonyl (C=O) groups is 2. The second-order valence-electron chi connectivity index (χ2n) is 9.31. The monoisotopic (exact) mass is 633 g/mol. The Morgan fingerprint density at radius 1 is 1.02 bits per heavy atom. The van der Waals surface area contributed by atoms with Crippen molar-refractivity contribution in [3.05, 3.63) is 86.8 Å². The van der Waals surface area contributed by atoms with Crippen molar-refractivity contribution >= 4 is 44.3 Å². The molecule has 0 aliphatic rings.